The largest absolute Gasteiger partial charge is 0.481 e. The highest BCUT2D eigenvalue weighted by atomic mass is 16.4. The highest BCUT2D eigenvalue weighted by Crippen LogP contribution is 2.39. The highest BCUT2D eigenvalue weighted by Gasteiger charge is 2.22. The van der Waals surface area contributed by atoms with Crippen LogP contribution in [-0.2, 0) is 11.2 Å². The van der Waals surface area contributed by atoms with Crippen molar-refractivity contribution in [1.82, 2.24) is 0 Å². The van der Waals surface area contributed by atoms with E-state index < -0.39 is 5.97 Å². The molecule has 4 rings (SSSR count). The summed E-state index contributed by atoms with van der Waals surface area (Å²) in [5, 5.41) is 8.83. The maximum absolute atomic E-state index is 10.7. The fourth-order valence-corrected chi connectivity index (χ4v) is 6.20. The van der Waals surface area contributed by atoms with E-state index in [9.17, 15) is 4.79 Å². The number of hydrogen-bond acceptors (Lipinski definition) is 1. The molecular formula is C36H46O2. The first-order chi connectivity index (χ1) is 18.6. The molecular weight excluding hydrogens is 464 g/mol. The number of carboxylic acids is 1. The third-order valence-corrected chi connectivity index (χ3v) is 8.55. The van der Waals surface area contributed by atoms with E-state index in [4.69, 9.17) is 5.11 Å². The van der Waals surface area contributed by atoms with Crippen LogP contribution in [0.25, 0.3) is 22.3 Å². The molecule has 1 aliphatic carbocycles. The van der Waals surface area contributed by atoms with Crippen molar-refractivity contribution < 1.29 is 9.90 Å². The summed E-state index contributed by atoms with van der Waals surface area (Å²) in [6.07, 6.45) is 16.8. The summed E-state index contributed by atoms with van der Waals surface area (Å²) in [6, 6.07) is 26.9. The van der Waals surface area contributed by atoms with Crippen LogP contribution in [-0.4, -0.2) is 11.1 Å². The van der Waals surface area contributed by atoms with E-state index in [0.717, 1.165) is 31.1 Å². The first-order valence-corrected chi connectivity index (χ1v) is 15.1. The normalized spacial score (nSPS) is 17.4. The van der Waals surface area contributed by atoms with Gasteiger partial charge in [-0.2, -0.15) is 0 Å². The first-order valence-electron chi connectivity index (χ1n) is 15.1. The van der Waals surface area contributed by atoms with Gasteiger partial charge in [0.15, 0.2) is 0 Å². The zero-order chi connectivity index (χ0) is 26.6. The first kappa shape index (κ1) is 28.1. The van der Waals surface area contributed by atoms with E-state index in [-0.39, 0.29) is 6.42 Å². The van der Waals surface area contributed by atoms with Gasteiger partial charge in [0.25, 0.3) is 0 Å². The Morgan fingerprint density at radius 3 is 1.92 bits per heavy atom. The molecule has 0 bridgehead atoms. The van der Waals surface area contributed by atoms with Crippen LogP contribution in [0, 0.1) is 5.92 Å². The molecule has 1 aliphatic rings. The van der Waals surface area contributed by atoms with Crippen LogP contribution >= 0.6 is 0 Å². The summed E-state index contributed by atoms with van der Waals surface area (Å²) in [5.41, 5.74) is 7.83. The van der Waals surface area contributed by atoms with Crippen LogP contribution in [0.3, 0.4) is 0 Å². The van der Waals surface area contributed by atoms with Gasteiger partial charge in [-0.3, -0.25) is 4.79 Å². The number of rotatable bonds is 14. The van der Waals surface area contributed by atoms with E-state index >= 15 is 0 Å². The fraction of sp³-hybridized carbons (Fsp3) is 0.472. The van der Waals surface area contributed by atoms with Gasteiger partial charge < -0.3 is 5.11 Å². The van der Waals surface area contributed by atoms with Crippen molar-refractivity contribution in [2.24, 2.45) is 5.92 Å². The molecule has 2 nitrogen and oxygen atoms in total. The third-order valence-electron chi connectivity index (χ3n) is 8.55. The van der Waals surface area contributed by atoms with Crippen LogP contribution in [0.5, 0.6) is 0 Å². The van der Waals surface area contributed by atoms with Gasteiger partial charge in [-0.1, -0.05) is 118 Å². The summed E-state index contributed by atoms with van der Waals surface area (Å²) >= 11 is 0. The summed E-state index contributed by atoms with van der Waals surface area (Å²) in [4.78, 5) is 10.7. The standard InChI is InChI=1S/C36H46O2/c1-2-3-4-5-6-11-28-16-20-30(21-17-28)31-24-26-33(27-25-31)35-14-9-8-13-34(35)32-22-18-29(19-23-32)12-7-10-15-36(37)38/h8-9,13-14,18-19,22-28,30H,2-7,10-12,15-17,20-21H2,1H3,(H,37,38)/t28-,30-. The highest BCUT2D eigenvalue weighted by molar-refractivity contribution is 5.83. The Hall–Kier alpha value is -2.87. The monoisotopic (exact) mass is 510 g/mol. The zero-order valence-corrected chi connectivity index (χ0v) is 23.3. The molecule has 0 unspecified atom stereocenters. The Kier molecular flexibility index (Phi) is 11.0. The molecule has 3 aromatic rings. The van der Waals surface area contributed by atoms with E-state index in [1.165, 1.54) is 97.6 Å². The molecule has 1 N–H and O–H groups in total. The van der Waals surface area contributed by atoms with Crippen LogP contribution < -0.4 is 0 Å². The molecule has 38 heavy (non-hydrogen) atoms. The lowest BCUT2D eigenvalue weighted by molar-refractivity contribution is -0.137. The van der Waals surface area contributed by atoms with E-state index in [1.54, 1.807) is 0 Å². The maximum atomic E-state index is 10.7. The Morgan fingerprint density at radius 1 is 0.711 bits per heavy atom. The fourth-order valence-electron chi connectivity index (χ4n) is 6.20. The topological polar surface area (TPSA) is 37.3 Å². The number of aryl methyl sites for hydroxylation is 1. The Labute approximate surface area is 230 Å². The number of unbranched alkanes of at least 4 members (excludes halogenated alkanes) is 5. The Balaban J connectivity index is 1.34. The predicted octanol–water partition coefficient (Wildman–Crippen LogP) is 10.5. The second kappa shape index (κ2) is 14.9. The number of carboxylic acid groups (broad SMARTS) is 1. The average molecular weight is 511 g/mol. The molecule has 0 saturated heterocycles. The lowest BCUT2D eigenvalue weighted by Crippen LogP contribution is -2.13. The minimum atomic E-state index is -0.708. The lowest BCUT2D eigenvalue weighted by Gasteiger charge is -2.29. The molecule has 0 amide bonds. The second-order valence-corrected chi connectivity index (χ2v) is 11.4. The van der Waals surface area contributed by atoms with Crippen molar-refractivity contribution in [1.29, 1.82) is 0 Å². The van der Waals surface area contributed by atoms with Gasteiger partial charge in [-0.05, 0) is 90.2 Å². The summed E-state index contributed by atoms with van der Waals surface area (Å²) in [6.45, 7) is 2.29. The van der Waals surface area contributed by atoms with Gasteiger partial charge in [0, 0.05) is 6.42 Å². The van der Waals surface area contributed by atoms with E-state index in [2.05, 4.69) is 79.7 Å². The minimum Gasteiger partial charge on any atom is -0.481 e. The van der Waals surface area contributed by atoms with Crippen molar-refractivity contribution in [2.75, 3.05) is 0 Å². The molecule has 0 heterocycles. The SMILES string of the molecule is CCCCCCC[C@H]1CC[C@H](c2ccc(-c3ccccc3-c3ccc(CCCCC(=O)O)cc3)cc2)CC1. The number of benzene rings is 3. The summed E-state index contributed by atoms with van der Waals surface area (Å²) in [5.74, 6) is 0.967. The third kappa shape index (κ3) is 8.32. The molecule has 1 saturated carbocycles. The minimum absolute atomic E-state index is 0.255. The van der Waals surface area contributed by atoms with E-state index in [0.29, 0.717) is 0 Å². The quantitative estimate of drug-likeness (QED) is 0.219. The molecule has 0 aliphatic heterocycles. The van der Waals surface area contributed by atoms with Gasteiger partial charge in [0.2, 0.25) is 0 Å². The molecule has 2 heteroatoms. The average Bonchev–Trinajstić information content (AvgIpc) is 2.96. The Bertz CT molecular complexity index is 1100. The molecule has 202 valence electrons. The number of hydrogen-bond donors (Lipinski definition) is 1. The van der Waals surface area contributed by atoms with Crippen LogP contribution in [0.1, 0.15) is 107 Å². The van der Waals surface area contributed by atoms with Crippen molar-refractivity contribution >= 4 is 5.97 Å². The molecule has 1 fully saturated rings. The smallest absolute Gasteiger partial charge is 0.303 e. The Morgan fingerprint density at radius 2 is 1.32 bits per heavy atom. The van der Waals surface area contributed by atoms with Crippen LogP contribution in [0.2, 0.25) is 0 Å². The molecule has 0 spiro atoms. The van der Waals surface area contributed by atoms with Crippen LogP contribution in [0.15, 0.2) is 72.8 Å². The van der Waals surface area contributed by atoms with Crippen molar-refractivity contribution in [2.45, 2.75) is 103 Å². The van der Waals surface area contributed by atoms with E-state index in [1.807, 2.05) is 0 Å². The predicted molar refractivity (Wildman–Crippen MR) is 161 cm³/mol. The molecule has 0 radical (unpaired) electrons. The van der Waals surface area contributed by atoms with Crippen molar-refractivity contribution in [3.63, 3.8) is 0 Å². The summed E-state index contributed by atoms with van der Waals surface area (Å²) in [7, 11) is 0. The zero-order valence-electron chi connectivity index (χ0n) is 23.3. The van der Waals surface area contributed by atoms with Gasteiger partial charge in [0.1, 0.15) is 0 Å². The maximum Gasteiger partial charge on any atom is 0.303 e. The summed E-state index contributed by atoms with van der Waals surface area (Å²) < 4.78 is 0. The van der Waals surface area contributed by atoms with Crippen LogP contribution in [0.4, 0.5) is 0 Å². The van der Waals surface area contributed by atoms with Gasteiger partial charge in [-0.25, -0.2) is 0 Å². The van der Waals surface area contributed by atoms with Crippen molar-refractivity contribution in [3.05, 3.63) is 83.9 Å². The molecule has 0 aromatic heterocycles. The number of aliphatic carboxylic acids is 1. The number of carbonyl (C=O) groups is 1. The van der Waals surface area contributed by atoms with Gasteiger partial charge in [-0.15, -0.1) is 0 Å². The van der Waals surface area contributed by atoms with Gasteiger partial charge >= 0.3 is 5.97 Å². The van der Waals surface area contributed by atoms with Gasteiger partial charge in [0.05, 0.1) is 0 Å². The lowest BCUT2D eigenvalue weighted by atomic mass is 9.77. The second-order valence-electron chi connectivity index (χ2n) is 11.4. The van der Waals surface area contributed by atoms with Crippen molar-refractivity contribution in [3.8, 4) is 22.3 Å². The molecule has 0 atom stereocenters. The molecule has 3 aromatic carbocycles.